The molecule has 5 N–H and O–H groups in total. The first-order valence-electron chi connectivity index (χ1n) is 22.1. The molecule has 6 atom stereocenters. The summed E-state index contributed by atoms with van der Waals surface area (Å²) in [5.41, 5.74) is 7.65. The van der Waals surface area contributed by atoms with Crippen LogP contribution in [-0.4, -0.2) is 86.9 Å². The number of aromatic carboxylic acids is 2. The zero-order valence-electron chi connectivity index (χ0n) is 37.4. The molecule has 0 radical (unpaired) electrons. The maximum absolute atomic E-state index is 13.9. The van der Waals surface area contributed by atoms with Gasteiger partial charge in [0.25, 0.3) is 0 Å². The summed E-state index contributed by atoms with van der Waals surface area (Å²) in [6.45, 7) is 17.1. The second kappa shape index (κ2) is 15.5. The number of carbonyl (C=O) groups excluding carboxylic acids is 1. The molecule has 4 saturated carbocycles. The molecule has 2 saturated heterocycles. The van der Waals surface area contributed by atoms with E-state index in [0.29, 0.717) is 29.2 Å². The van der Waals surface area contributed by atoms with Crippen molar-refractivity contribution in [1.82, 2.24) is 14.5 Å². The average molecular weight is 890 g/mol. The highest BCUT2D eigenvalue weighted by Crippen LogP contribution is 2.62. The third kappa shape index (κ3) is 7.98. The number of nitrogens with one attached hydrogen (secondary N) is 1. The van der Waals surface area contributed by atoms with Gasteiger partial charge >= 0.3 is 17.9 Å². The lowest BCUT2D eigenvalue weighted by Crippen LogP contribution is -2.45. The Morgan fingerprint density at radius 1 is 0.797 bits per heavy atom. The van der Waals surface area contributed by atoms with Gasteiger partial charge in [0.1, 0.15) is 34.9 Å². The number of alkyl halides is 2. The molecule has 4 heterocycles. The molecule has 2 aliphatic heterocycles. The van der Waals surface area contributed by atoms with Crippen molar-refractivity contribution in [3.05, 3.63) is 85.2 Å². The second-order valence-corrected chi connectivity index (χ2v) is 20.7. The predicted octanol–water partition coefficient (Wildman–Crippen LogP) is 7.15. The molecular formula is C48H58F3N5O8. The Morgan fingerprint density at radius 2 is 1.28 bits per heavy atom. The molecule has 10 rings (SSSR count). The van der Waals surface area contributed by atoms with Crippen molar-refractivity contribution in [3.8, 4) is 0 Å². The lowest BCUT2D eigenvalue weighted by molar-refractivity contribution is -0.158. The minimum atomic E-state index is -1.37. The molecule has 4 aliphatic carbocycles. The topological polar surface area (TPSA) is 186 Å². The summed E-state index contributed by atoms with van der Waals surface area (Å²) in [5, 5.41) is 22.3. The van der Waals surface area contributed by atoms with Crippen LogP contribution in [0, 0.1) is 35.9 Å². The Balaban J connectivity index is 0.000000138. The molecule has 4 aromatic rings. The first-order chi connectivity index (χ1) is 29.8. The van der Waals surface area contributed by atoms with E-state index in [2.05, 4.69) is 24.1 Å². The van der Waals surface area contributed by atoms with Crippen LogP contribution in [-0.2, 0) is 9.53 Å². The number of hydrogen-bond acceptors (Lipinski definition) is 9. The van der Waals surface area contributed by atoms with Crippen LogP contribution in [0.4, 0.5) is 18.9 Å². The highest BCUT2D eigenvalue weighted by atomic mass is 19.1. The minimum Gasteiger partial charge on any atom is -0.477 e. The summed E-state index contributed by atoms with van der Waals surface area (Å²) in [5.74, 6) is -3.22. The van der Waals surface area contributed by atoms with Gasteiger partial charge in [-0.15, -0.1) is 0 Å². The van der Waals surface area contributed by atoms with Crippen molar-refractivity contribution >= 4 is 45.4 Å². The molecule has 344 valence electrons. The third-order valence-electron chi connectivity index (χ3n) is 14.8. The third-order valence-corrected chi connectivity index (χ3v) is 14.8. The number of rotatable bonds is 7. The number of anilines is 1. The number of ether oxygens (including phenoxy) is 1. The number of nitrogens with zero attached hydrogens (tertiary/aromatic N) is 3. The van der Waals surface area contributed by atoms with Gasteiger partial charge in [-0.25, -0.2) is 22.8 Å². The maximum atomic E-state index is 13.9. The van der Waals surface area contributed by atoms with Gasteiger partial charge in [0.15, 0.2) is 0 Å². The zero-order chi connectivity index (χ0) is 46.6. The van der Waals surface area contributed by atoms with E-state index in [0.717, 1.165) is 62.5 Å². The molecule has 2 aromatic heterocycles. The predicted molar refractivity (Wildman–Crippen MR) is 236 cm³/mol. The molecule has 0 amide bonds. The number of aryl methyl sites for hydroxylation is 2. The highest BCUT2D eigenvalue weighted by Gasteiger charge is 2.61. The number of carboxylic acids is 2. The summed E-state index contributed by atoms with van der Waals surface area (Å²) < 4.78 is 49.3. The van der Waals surface area contributed by atoms with Gasteiger partial charge in [-0.1, -0.05) is 6.92 Å². The van der Waals surface area contributed by atoms with Gasteiger partial charge in [-0.05, 0) is 108 Å². The molecule has 2 spiro atoms. The Hall–Kier alpha value is -5.22. The van der Waals surface area contributed by atoms with Gasteiger partial charge in [0.2, 0.25) is 10.9 Å². The van der Waals surface area contributed by atoms with Crippen LogP contribution in [0.1, 0.15) is 123 Å². The van der Waals surface area contributed by atoms with E-state index in [1.54, 1.807) is 10.6 Å². The number of hydrogen-bond donors (Lipinski definition) is 4. The van der Waals surface area contributed by atoms with E-state index in [1.165, 1.54) is 36.6 Å². The quantitative estimate of drug-likeness (QED) is 0.138. The van der Waals surface area contributed by atoms with Gasteiger partial charge in [-0.2, -0.15) is 0 Å². The molecule has 16 heteroatoms. The highest BCUT2D eigenvalue weighted by molar-refractivity contribution is 5.95. The normalized spacial score (nSPS) is 27.8. The number of fused-ring (bicyclic) bond motifs is 2. The molecule has 0 unspecified atom stereocenters. The summed E-state index contributed by atoms with van der Waals surface area (Å²) >= 11 is 0. The molecule has 64 heavy (non-hydrogen) atoms. The molecule has 2 aromatic carbocycles. The van der Waals surface area contributed by atoms with Crippen molar-refractivity contribution in [1.29, 1.82) is 0 Å². The fourth-order valence-electron chi connectivity index (χ4n) is 10.3. The van der Waals surface area contributed by atoms with Crippen molar-refractivity contribution in [3.63, 3.8) is 0 Å². The van der Waals surface area contributed by atoms with Crippen LogP contribution in [0.2, 0.25) is 0 Å². The fourth-order valence-corrected chi connectivity index (χ4v) is 10.3. The number of halogens is 3. The Morgan fingerprint density at radius 3 is 1.72 bits per heavy atom. The number of esters is 1. The fraction of sp³-hybridized carbons (Fsp3) is 0.562. The van der Waals surface area contributed by atoms with Crippen LogP contribution in [0.15, 0.2) is 46.2 Å². The Labute approximate surface area is 368 Å². The van der Waals surface area contributed by atoms with Crippen molar-refractivity contribution < 1.29 is 42.5 Å². The molecule has 6 aliphatic rings. The first kappa shape index (κ1) is 45.4. The van der Waals surface area contributed by atoms with Crippen LogP contribution >= 0.6 is 0 Å². The van der Waals surface area contributed by atoms with Crippen LogP contribution in [0.5, 0.6) is 0 Å². The van der Waals surface area contributed by atoms with E-state index < -0.39 is 58.6 Å². The van der Waals surface area contributed by atoms with Gasteiger partial charge in [0.05, 0.1) is 29.5 Å². The monoisotopic (exact) mass is 889 g/mol. The number of benzene rings is 2. The Kier molecular flexibility index (Phi) is 11.0. The first-order valence-corrected chi connectivity index (χ1v) is 22.1. The summed E-state index contributed by atoms with van der Waals surface area (Å²) in [6, 6.07) is 4.99. The smallest absolute Gasteiger partial charge is 0.341 e. The lowest BCUT2D eigenvalue weighted by atomic mass is 9.74. The van der Waals surface area contributed by atoms with E-state index >= 15 is 0 Å². The van der Waals surface area contributed by atoms with Crippen molar-refractivity contribution in [2.75, 3.05) is 31.1 Å². The van der Waals surface area contributed by atoms with Crippen LogP contribution in [0.25, 0.3) is 21.8 Å². The SMILES string of the molecule is CC(C)(C)OC(=O)C[C@]1(C)CNCC12CC2.Cc1c(F)ccc2c(=O)c(C(=O)O)cn([C@@H]3C[C@@H]3F)c12.Cc1c(N2CC3(CC3)[C@](C)(N)C2)ccc2c(=O)c(C(=O)O)cn([C@@H]3C[C@@H]3F)c12. The van der Waals surface area contributed by atoms with E-state index in [4.69, 9.17) is 15.6 Å². The van der Waals surface area contributed by atoms with Gasteiger partial charge < -0.3 is 40.0 Å². The summed E-state index contributed by atoms with van der Waals surface area (Å²) in [4.78, 5) is 61.6. The standard InChI is InChI=1S/C21H24FN3O3.C14H11F2NO3.C13H23NO2/c1-11-15(24-9-20(2,23)21(10-24)5-6-21)4-3-12-17(11)25(16-7-14(16)22)8-13(18(12)26)19(27)28;1-6-9(15)3-2-7-12(6)17(11-4-10(11)16)5-8(13(7)18)14(19)20;1-11(2,3)16-10(15)7-12(4)8-14-9-13(12)5-6-13/h3-4,8,14,16H,5-7,9-10,23H2,1-2H3,(H,27,28);2-3,5,10-11H,4H2,1H3,(H,19,20);14H,5-9H2,1-4H3/t14-,16+,20+;10-,11+;12-/m001/s1. The number of carbonyl (C=O) groups is 3. The maximum Gasteiger partial charge on any atom is 0.341 e. The van der Waals surface area contributed by atoms with E-state index in [-0.39, 0.29) is 56.4 Å². The average Bonchev–Trinajstić information content (AvgIpc) is 4.03. The number of carboxylic acid groups (broad SMARTS) is 2. The van der Waals surface area contributed by atoms with Crippen LogP contribution < -0.4 is 26.8 Å². The summed E-state index contributed by atoms with van der Waals surface area (Å²) in [7, 11) is 0. The minimum absolute atomic E-state index is 0.0509. The lowest BCUT2D eigenvalue weighted by Gasteiger charge is -2.31. The van der Waals surface area contributed by atoms with Gasteiger partial charge in [-0.3, -0.25) is 14.4 Å². The molecule has 13 nitrogen and oxygen atoms in total. The number of aromatic nitrogens is 2. The van der Waals surface area contributed by atoms with E-state index in [1.807, 2.05) is 33.8 Å². The second-order valence-electron chi connectivity index (χ2n) is 20.7. The zero-order valence-corrected chi connectivity index (χ0v) is 37.4. The van der Waals surface area contributed by atoms with Crippen molar-refractivity contribution in [2.45, 2.75) is 129 Å². The summed E-state index contributed by atoms with van der Waals surface area (Å²) in [6.07, 6.45) is 6.24. The number of nitrogens with two attached hydrogens (primary N) is 1. The number of pyridine rings is 2. The molecule has 0 bridgehead atoms. The molecule has 6 fully saturated rings. The van der Waals surface area contributed by atoms with E-state index in [9.17, 15) is 42.3 Å². The van der Waals surface area contributed by atoms with Crippen LogP contribution in [0.3, 0.4) is 0 Å². The van der Waals surface area contributed by atoms with Gasteiger partial charge in [0, 0.05) is 84.4 Å². The largest absolute Gasteiger partial charge is 0.477 e. The Bertz CT molecular complexity index is 2730. The van der Waals surface area contributed by atoms with Crippen molar-refractivity contribution in [2.24, 2.45) is 22.0 Å². The molecular weight excluding hydrogens is 832 g/mol.